The van der Waals surface area contributed by atoms with E-state index in [2.05, 4.69) is 38.2 Å². The summed E-state index contributed by atoms with van der Waals surface area (Å²) >= 11 is 0. The zero-order valence-electron chi connectivity index (χ0n) is 17.4. The number of rotatable bonds is 6. The van der Waals surface area contributed by atoms with Crippen LogP contribution in [0, 0.1) is 0 Å². The van der Waals surface area contributed by atoms with Crippen LogP contribution in [0.2, 0.25) is 0 Å². The van der Waals surface area contributed by atoms with Crippen molar-refractivity contribution in [2.45, 2.75) is 45.2 Å². The third-order valence-electron chi connectivity index (χ3n) is 4.89. The Morgan fingerprint density at radius 2 is 1.50 bits per heavy atom. The first-order valence-electron chi connectivity index (χ1n) is 9.30. The average Bonchev–Trinajstić information content (AvgIpc) is 2.61. The molecule has 0 heterocycles. The molecule has 0 saturated carbocycles. The summed E-state index contributed by atoms with van der Waals surface area (Å²) in [5, 5.41) is 2.96. The first kappa shape index (κ1) is 22.1. The van der Waals surface area contributed by atoms with Gasteiger partial charge in [0.1, 0.15) is 6.04 Å². The molecular weight excluding hydrogens is 372 g/mol. The van der Waals surface area contributed by atoms with Crippen molar-refractivity contribution in [3.05, 3.63) is 71.3 Å². The van der Waals surface area contributed by atoms with Gasteiger partial charge in [0.25, 0.3) is 0 Å². The van der Waals surface area contributed by atoms with Gasteiger partial charge in [0.15, 0.2) is 0 Å². The van der Waals surface area contributed by atoms with E-state index in [-0.39, 0.29) is 17.4 Å². The lowest BCUT2D eigenvalue weighted by atomic mass is 9.86. The van der Waals surface area contributed by atoms with E-state index in [1.54, 1.807) is 24.3 Å². The number of benzene rings is 2. The Kier molecular flexibility index (Phi) is 6.67. The van der Waals surface area contributed by atoms with Crippen molar-refractivity contribution < 1.29 is 13.2 Å². The van der Waals surface area contributed by atoms with Crippen LogP contribution in [0.5, 0.6) is 0 Å². The first-order chi connectivity index (χ1) is 12.9. The fraction of sp³-hybridized carbons (Fsp3) is 0.409. The fourth-order valence-corrected chi connectivity index (χ4v) is 3.60. The van der Waals surface area contributed by atoms with E-state index in [1.165, 1.54) is 12.6 Å². The Morgan fingerprint density at radius 1 is 0.964 bits per heavy atom. The van der Waals surface area contributed by atoms with Gasteiger partial charge in [0.2, 0.25) is 15.9 Å². The maximum Gasteiger partial charge on any atom is 0.243 e. The number of hydrogen-bond acceptors (Lipinski definition) is 3. The summed E-state index contributed by atoms with van der Waals surface area (Å²) in [7, 11) is -2.12. The zero-order chi connectivity index (χ0) is 21.1. The Labute approximate surface area is 168 Å². The SMILES string of the molecule is C[C@@H](NC(=O)[C@@H](c1ccccc1)N(C)S(C)(=O)=O)c1ccc(C(C)(C)C)cc1. The van der Waals surface area contributed by atoms with E-state index in [4.69, 9.17) is 0 Å². The van der Waals surface area contributed by atoms with Crippen LogP contribution in [0.15, 0.2) is 54.6 Å². The molecule has 152 valence electrons. The minimum Gasteiger partial charge on any atom is -0.348 e. The molecule has 0 aromatic heterocycles. The van der Waals surface area contributed by atoms with Crippen LogP contribution in [0.25, 0.3) is 0 Å². The molecule has 1 amide bonds. The van der Waals surface area contributed by atoms with Gasteiger partial charge in [-0.15, -0.1) is 0 Å². The first-order valence-corrected chi connectivity index (χ1v) is 11.1. The summed E-state index contributed by atoms with van der Waals surface area (Å²) in [6, 6.07) is 15.9. The smallest absolute Gasteiger partial charge is 0.243 e. The number of amides is 1. The molecule has 5 nitrogen and oxygen atoms in total. The molecule has 28 heavy (non-hydrogen) atoms. The molecule has 0 saturated heterocycles. The second kappa shape index (κ2) is 8.45. The summed E-state index contributed by atoms with van der Waals surface area (Å²) < 4.78 is 25.3. The molecule has 6 heteroatoms. The number of nitrogens with one attached hydrogen (secondary N) is 1. The third-order valence-corrected chi connectivity index (χ3v) is 6.14. The van der Waals surface area contributed by atoms with Crippen molar-refractivity contribution in [1.29, 1.82) is 0 Å². The Balaban J connectivity index is 2.25. The molecule has 0 spiro atoms. The van der Waals surface area contributed by atoms with Gasteiger partial charge in [-0.25, -0.2) is 8.42 Å². The lowest BCUT2D eigenvalue weighted by molar-refractivity contribution is -0.125. The molecular formula is C22H30N2O3S. The largest absolute Gasteiger partial charge is 0.348 e. The highest BCUT2D eigenvalue weighted by molar-refractivity contribution is 7.88. The second-order valence-electron chi connectivity index (χ2n) is 8.19. The minimum atomic E-state index is -3.55. The van der Waals surface area contributed by atoms with E-state index in [9.17, 15) is 13.2 Å². The van der Waals surface area contributed by atoms with Gasteiger partial charge in [-0.05, 0) is 29.0 Å². The van der Waals surface area contributed by atoms with Crippen molar-refractivity contribution in [1.82, 2.24) is 9.62 Å². The van der Waals surface area contributed by atoms with E-state index in [1.807, 2.05) is 25.1 Å². The fourth-order valence-electron chi connectivity index (χ4n) is 3.00. The van der Waals surface area contributed by atoms with E-state index >= 15 is 0 Å². The summed E-state index contributed by atoms with van der Waals surface area (Å²) in [6.07, 6.45) is 1.10. The highest BCUT2D eigenvalue weighted by atomic mass is 32.2. The van der Waals surface area contributed by atoms with E-state index < -0.39 is 16.1 Å². The number of hydrogen-bond donors (Lipinski definition) is 1. The summed E-state index contributed by atoms with van der Waals surface area (Å²) in [5.74, 6) is -0.355. The molecule has 0 aliphatic rings. The Bertz CT molecular complexity index is 901. The molecule has 2 rings (SSSR count). The zero-order valence-corrected chi connectivity index (χ0v) is 18.2. The molecule has 0 unspecified atom stereocenters. The van der Waals surface area contributed by atoms with Gasteiger partial charge < -0.3 is 5.32 Å². The number of nitrogens with zero attached hydrogens (tertiary/aromatic N) is 1. The molecule has 2 atom stereocenters. The lowest BCUT2D eigenvalue weighted by Gasteiger charge is -2.27. The van der Waals surface area contributed by atoms with Crippen LogP contribution in [0.1, 0.15) is 56.5 Å². The van der Waals surface area contributed by atoms with Gasteiger partial charge in [-0.1, -0.05) is 75.4 Å². The highest BCUT2D eigenvalue weighted by Crippen LogP contribution is 2.26. The normalized spacial score (nSPS) is 14.5. The monoisotopic (exact) mass is 402 g/mol. The minimum absolute atomic E-state index is 0.0572. The van der Waals surface area contributed by atoms with Crippen LogP contribution in [0.4, 0.5) is 0 Å². The van der Waals surface area contributed by atoms with Gasteiger partial charge in [-0.2, -0.15) is 4.31 Å². The van der Waals surface area contributed by atoms with Crippen LogP contribution >= 0.6 is 0 Å². The molecule has 2 aromatic carbocycles. The van der Waals surface area contributed by atoms with Crippen molar-refractivity contribution in [2.24, 2.45) is 0 Å². The molecule has 0 fully saturated rings. The van der Waals surface area contributed by atoms with Gasteiger partial charge in [0, 0.05) is 7.05 Å². The maximum absolute atomic E-state index is 13.0. The van der Waals surface area contributed by atoms with Crippen LogP contribution < -0.4 is 5.32 Å². The third kappa shape index (κ3) is 5.42. The van der Waals surface area contributed by atoms with Crippen LogP contribution in [0.3, 0.4) is 0 Å². The van der Waals surface area contributed by atoms with Crippen molar-refractivity contribution in [2.75, 3.05) is 13.3 Å². The molecule has 0 aliphatic heterocycles. The van der Waals surface area contributed by atoms with Crippen LogP contribution in [-0.2, 0) is 20.2 Å². The summed E-state index contributed by atoms with van der Waals surface area (Å²) in [5.41, 5.74) is 2.87. The number of carbonyl (C=O) groups excluding carboxylic acids is 1. The van der Waals surface area contributed by atoms with E-state index in [0.29, 0.717) is 5.56 Å². The maximum atomic E-state index is 13.0. The summed E-state index contributed by atoms with van der Waals surface area (Å²) in [4.78, 5) is 13.0. The van der Waals surface area contributed by atoms with Gasteiger partial charge >= 0.3 is 0 Å². The molecule has 0 bridgehead atoms. The quantitative estimate of drug-likeness (QED) is 0.799. The number of likely N-dealkylation sites (N-methyl/N-ethyl adjacent to an activating group) is 1. The Hall–Kier alpha value is -2.18. The predicted molar refractivity (Wildman–Crippen MR) is 113 cm³/mol. The van der Waals surface area contributed by atoms with Crippen molar-refractivity contribution in [3.8, 4) is 0 Å². The van der Waals surface area contributed by atoms with Gasteiger partial charge in [0.05, 0.1) is 12.3 Å². The van der Waals surface area contributed by atoms with Crippen LogP contribution in [-0.4, -0.2) is 31.9 Å². The van der Waals surface area contributed by atoms with Crippen molar-refractivity contribution in [3.63, 3.8) is 0 Å². The topological polar surface area (TPSA) is 66.5 Å². The lowest BCUT2D eigenvalue weighted by Crippen LogP contribution is -2.42. The summed E-state index contributed by atoms with van der Waals surface area (Å²) in [6.45, 7) is 8.35. The predicted octanol–water partition coefficient (Wildman–Crippen LogP) is 3.79. The number of sulfonamides is 1. The van der Waals surface area contributed by atoms with Gasteiger partial charge in [-0.3, -0.25) is 4.79 Å². The molecule has 2 aromatic rings. The standard InChI is InChI=1S/C22H30N2O3S/c1-16(17-12-14-19(15-13-17)22(2,3)4)23-21(25)20(24(5)28(6,26)27)18-10-8-7-9-11-18/h7-16,20H,1-6H3,(H,23,25)/t16-,20-/m1/s1. The number of carbonyl (C=O) groups is 1. The Morgan fingerprint density at radius 3 is 1.96 bits per heavy atom. The highest BCUT2D eigenvalue weighted by Gasteiger charge is 2.31. The molecule has 1 N–H and O–H groups in total. The van der Waals surface area contributed by atoms with E-state index in [0.717, 1.165) is 16.1 Å². The average molecular weight is 403 g/mol. The van der Waals surface area contributed by atoms with Crippen molar-refractivity contribution >= 4 is 15.9 Å². The second-order valence-corrected chi connectivity index (χ2v) is 10.2. The molecule has 0 aliphatic carbocycles. The molecule has 0 radical (unpaired) electrons.